The van der Waals surface area contributed by atoms with Crippen molar-refractivity contribution < 1.29 is 22.4 Å². The third kappa shape index (κ3) is 4.69. The Labute approximate surface area is 127 Å². The minimum absolute atomic E-state index is 0. The number of piperazine rings is 1. The Kier molecular flexibility index (Phi) is 6.68. The van der Waals surface area contributed by atoms with E-state index in [1.165, 1.54) is 4.90 Å². The standard InChI is InChI=1S/C12H19F4N3O.ClH/c13-11(14)12(15,16)8-18-4-6-19(7-5-18)10(20)9-2-1-3-17-9;/h9,11,17H,1-8H2;1H/t9-;/m0./s1. The van der Waals surface area contributed by atoms with E-state index in [4.69, 9.17) is 0 Å². The summed E-state index contributed by atoms with van der Waals surface area (Å²) in [6, 6.07) is -0.177. The molecule has 4 nitrogen and oxygen atoms in total. The van der Waals surface area contributed by atoms with E-state index in [-0.39, 0.29) is 37.4 Å². The molecule has 0 radical (unpaired) electrons. The maximum atomic E-state index is 13.0. The predicted molar refractivity (Wildman–Crippen MR) is 72.2 cm³/mol. The van der Waals surface area contributed by atoms with Crippen molar-refractivity contribution in [3.63, 3.8) is 0 Å². The smallest absolute Gasteiger partial charge is 0.319 e. The van der Waals surface area contributed by atoms with Gasteiger partial charge in [-0.2, -0.15) is 8.78 Å². The number of hydrogen-bond acceptors (Lipinski definition) is 3. The average molecular weight is 334 g/mol. The number of amides is 1. The molecule has 2 fully saturated rings. The summed E-state index contributed by atoms with van der Waals surface area (Å²) in [5.74, 6) is -4.00. The molecule has 2 heterocycles. The van der Waals surface area contributed by atoms with E-state index in [9.17, 15) is 22.4 Å². The van der Waals surface area contributed by atoms with Gasteiger partial charge < -0.3 is 10.2 Å². The maximum Gasteiger partial charge on any atom is 0.319 e. The van der Waals surface area contributed by atoms with Gasteiger partial charge in [-0.15, -0.1) is 12.4 Å². The number of rotatable bonds is 4. The van der Waals surface area contributed by atoms with Crippen LogP contribution in [0.5, 0.6) is 0 Å². The van der Waals surface area contributed by atoms with Crippen LogP contribution in [-0.2, 0) is 4.79 Å². The van der Waals surface area contributed by atoms with Crippen LogP contribution in [0.2, 0.25) is 0 Å². The predicted octanol–water partition coefficient (Wildman–Crippen LogP) is 1.20. The Hall–Kier alpha value is -0.600. The molecule has 0 saturated carbocycles. The second-order valence-electron chi connectivity index (χ2n) is 5.31. The largest absolute Gasteiger partial charge is 0.339 e. The van der Waals surface area contributed by atoms with Crippen LogP contribution in [0, 0.1) is 0 Å². The summed E-state index contributed by atoms with van der Waals surface area (Å²) in [6.07, 6.45) is -1.90. The number of carbonyl (C=O) groups excluding carboxylic acids is 1. The molecule has 0 aromatic rings. The summed E-state index contributed by atoms with van der Waals surface area (Å²) in [6.45, 7) is 0.916. The van der Waals surface area contributed by atoms with Crippen molar-refractivity contribution in [3.05, 3.63) is 0 Å². The van der Waals surface area contributed by atoms with E-state index in [2.05, 4.69) is 5.32 Å². The van der Waals surface area contributed by atoms with Gasteiger partial charge in [0, 0.05) is 26.2 Å². The van der Waals surface area contributed by atoms with Gasteiger partial charge in [0.1, 0.15) is 0 Å². The van der Waals surface area contributed by atoms with Crippen LogP contribution in [0.25, 0.3) is 0 Å². The first-order valence-electron chi connectivity index (χ1n) is 6.80. The van der Waals surface area contributed by atoms with Crippen molar-refractivity contribution in [2.75, 3.05) is 39.3 Å². The van der Waals surface area contributed by atoms with E-state index >= 15 is 0 Å². The van der Waals surface area contributed by atoms with Gasteiger partial charge in [-0.3, -0.25) is 9.69 Å². The molecular formula is C12H20ClF4N3O. The SMILES string of the molecule is Cl.O=C([C@@H]1CCCN1)N1CCN(CC(F)(F)C(F)F)CC1. The fraction of sp³-hybridized carbons (Fsp3) is 0.917. The average Bonchev–Trinajstić information content (AvgIpc) is 2.92. The molecular weight excluding hydrogens is 314 g/mol. The van der Waals surface area contributed by atoms with Crippen LogP contribution in [0.15, 0.2) is 0 Å². The van der Waals surface area contributed by atoms with Crippen molar-refractivity contribution in [1.82, 2.24) is 15.1 Å². The normalized spacial score (nSPS) is 24.2. The summed E-state index contributed by atoms with van der Waals surface area (Å²) < 4.78 is 50.2. The monoisotopic (exact) mass is 333 g/mol. The highest BCUT2D eigenvalue weighted by atomic mass is 35.5. The fourth-order valence-corrected chi connectivity index (χ4v) is 2.61. The lowest BCUT2D eigenvalue weighted by Crippen LogP contribution is -2.55. The summed E-state index contributed by atoms with van der Waals surface area (Å²) in [5, 5.41) is 3.09. The lowest BCUT2D eigenvalue weighted by Gasteiger charge is -2.37. The van der Waals surface area contributed by atoms with Crippen LogP contribution < -0.4 is 5.32 Å². The molecule has 0 unspecified atom stereocenters. The number of carbonyl (C=O) groups is 1. The van der Waals surface area contributed by atoms with E-state index in [1.807, 2.05) is 0 Å². The van der Waals surface area contributed by atoms with Crippen molar-refractivity contribution in [2.24, 2.45) is 0 Å². The van der Waals surface area contributed by atoms with E-state index in [0.717, 1.165) is 19.4 Å². The highest BCUT2D eigenvalue weighted by molar-refractivity contribution is 5.85. The summed E-state index contributed by atoms with van der Waals surface area (Å²) in [5.41, 5.74) is 0. The minimum Gasteiger partial charge on any atom is -0.339 e. The molecule has 1 N–H and O–H groups in total. The number of alkyl halides is 4. The highest BCUT2D eigenvalue weighted by Crippen LogP contribution is 2.24. The van der Waals surface area contributed by atoms with E-state index < -0.39 is 18.9 Å². The van der Waals surface area contributed by atoms with Gasteiger partial charge in [0.25, 0.3) is 0 Å². The van der Waals surface area contributed by atoms with Gasteiger partial charge in [-0.05, 0) is 19.4 Å². The molecule has 9 heteroatoms. The Morgan fingerprint density at radius 1 is 1.24 bits per heavy atom. The van der Waals surface area contributed by atoms with Gasteiger partial charge in [-0.1, -0.05) is 0 Å². The second-order valence-corrected chi connectivity index (χ2v) is 5.31. The Balaban J connectivity index is 0.00000220. The molecule has 21 heavy (non-hydrogen) atoms. The van der Waals surface area contributed by atoms with Crippen LogP contribution >= 0.6 is 12.4 Å². The first kappa shape index (κ1) is 18.4. The molecule has 0 aliphatic carbocycles. The third-order valence-corrected chi connectivity index (χ3v) is 3.80. The molecule has 124 valence electrons. The molecule has 2 aliphatic heterocycles. The lowest BCUT2D eigenvalue weighted by atomic mass is 10.2. The molecule has 0 bridgehead atoms. The topological polar surface area (TPSA) is 35.6 Å². The lowest BCUT2D eigenvalue weighted by molar-refractivity contribution is -0.148. The zero-order valence-corrected chi connectivity index (χ0v) is 12.4. The Bertz CT molecular complexity index is 345. The molecule has 2 saturated heterocycles. The number of nitrogens with zero attached hydrogens (tertiary/aromatic N) is 2. The molecule has 0 aromatic carbocycles. The van der Waals surface area contributed by atoms with Crippen molar-refractivity contribution >= 4 is 18.3 Å². The van der Waals surface area contributed by atoms with Gasteiger partial charge in [0.05, 0.1) is 12.6 Å². The van der Waals surface area contributed by atoms with Gasteiger partial charge >= 0.3 is 12.3 Å². The first-order valence-corrected chi connectivity index (χ1v) is 6.80. The number of hydrogen-bond donors (Lipinski definition) is 1. The molecule has 0 aromatic heterocycles. The third-order valence-electron chi connectivity index (χ3n) is 3.80. The molecule has 0 spiro atoms. The zero-order chi connectivity index (χ0) is 14.8. The summed E-state index contributed by atoms with van der Waals surface area (Å²) in [7, 11) is 0. The first-order chi connectivity index (χ1) is 9.40. The number of nitrogens with one attached hydrogen (secondary N) is 1. The van der Waals surface area contributed by atoms with E-state index in [0.29, 0.717) is 13.1 Å². The molecule has 2 aliphatic rings. The van der Waals surface area contributed by atoms with Gasteiger partial charge in [0.15, 0.2) is 0 Å². The van der Waals surface area contributed by atoms with Crippen LogP contribution in [0.4, 0.5) is 17.6 Å². The maximum absolute atomic E-state index is 13.0. The zero-order valence-electron chi connectivity index (χ0n) is 11.5. The fourth-order valence-electron chi connectivity index (χ4n) is 2.61. The second kappa shape index (κ2) is 7.60. The molecule has 1 atom stereocenters. The Morgan fingerprint density at radius 3 is 2.33 bits per heavy atom. The van der Waals surface area contributed by atoms with Crippen molar-refractivity contribution in [3.8, 4) is 0 Å². The quantitative estimate of drug-likeness (QED) is 0.785. The van der Waals surface area contributed by atoms with Crippen LogP contribution in [0.1, 0.15) is 12.8 Å². The van der Waals surface area contributed by atoms with E-state index in [1.54, 1.807) is 4.90 Å². The molecule has 2 rings (SSSR count). The number of halogens is 5. The van der Waals surface area contributed by atoms with Crippen LogP contribution in [-0.4, -0.2) is 73.4 Å². The van der Waals surface area contributed by atoms with Crippen molar-refractivity contribution in [2.45, 2.75) is 31.2 Å². The summed E-state index contributed by atoms with van der Waals surface area (Å²) >= 11 is 0. The molecule has 1 amide bonds. The van der Waals surface area contributed by atoms with Crippen LogP contribution in [0.3, 0.4) is 0 Å². The van der Waals surface area contributed by atoms with Gasteiger partial charge in [-0.25, -0.2) is 8.78 Å². The minimum atomic E-state index is -3.99. The van der Waals surface area contributed by atoms with Gasteiger partial charge in [0.2, 0.25) is 5.91 Å². The summed E-state index contributed by atoms with van der Waals surface area (Å²) in [4.78, 5) is 15.0. The highest BCUT2D eigenvalue weighted by Gasteiger charge is 2.43. The Morgan fingerprint density at radius 2 is 1.86 bits per heavy atom. The van der Waals surface area contributed by atoms with Crippen molar-refractivity contribution in [1.29, 1.82) is 0 Å².